The van der Waals surface area contributed by atoms with E-state index in [1.807, 2.05) is 0 Å². The van der Waals surface area contributed by atoms with Crippen LogP contribution in [0.1, 0.15) is 13.3 Å². The maximum atomic E-state index is 11.5. The van der Waals surface area contributed by atoms with Crippen LogP contribution in [0.15, 0.2) is 18.2 Å². The summed E-state index contributed by atoms with van der Waals surface area (Å²) in [6.07, 6.45) is 0.542. The molecular formula is C11H14ClNO5S. The smallest absolute Gasteiger partial charge is 0.273 e. The van der Waals surface area contributed by atoms with Crippen LogP contribution in [0.25, 0.3) is 0 Å². The Bertz CT molecular complexity index is 558. The number of nitro groups is 1. The van der Waals surface area contributed by atoms with Gasteiger partial charge in [-0.15, -0.1) is 0 Å². The summed E-state index contributed by atoms with van der Waals surface area (Å²) in [6, 6.07) is 3.77. The zero-order chi connectivity index (χ0) is 14.5. The minimum Gasteiger partial charge on any atom is -0.491 e. The van der Waals surface area contributed by atoms with Crippen LogP contribution >= 0.6 is 11.6 Å². The fourth-order valence-corrected chi connectivity index (χ4v) is 2.74. The Balaban J connectivity index is 2.68. The average molecular weight is 308 g/mol. The Labute approximate surface area is 116 Å². The van der Waals surface area contributed by atoms with Crippen molar-refractivity contribution in [1.29, 1.82) is 0 Å². The van der Waals surface area contributed by atoms with E-state index in [9.17, 15) is 18.5 Å². The van der Waals surface area contributed by atoms with Gasteiger partial charge in [-0.25, -0.2) is 8.42 Å². The van der Waals surface area contributed by atoms with Crippen molar-refractivity contribution in [2.24, 2.45) is 0 Å². The number of sulfone groups is 1. The van der Waals surface area contributed by atoms with Crippen molar-refractivity contribution in [2.45, 2.75) is 13.3 Å². The fourth-order valence-electron chi connectivity index (χ4n) is 1.41. The number of rotatable bonds is 7. The molecule has 0 aliphatic rings. The molecule has 0 aliphatic heterocycles. The maximum Gasteiger partial charge on any atom is 0.273 e. The van der Waals surface area contributed by atoms with Crippen molar-refractivity contribution >= 4 is 27.1 Å². The van der Waals surface area contributed by atoms with Gasteiger partial charge in [-0.2, -0.15) is 0 Å². The van der Waals surface area contributed by atoms with Gasteiger partial charge in [0.15, 0.2) is 9.84 Å². The molecule has 0 bridgehead atoms. The van der Waals surface area contributed by atoms with Gasteiger partial charge in [0.2, 0.25) is 0 Å². The van der Waals surface area contributed by atoms with E-state index in [2.05, 4.69) is 0 Å². The summed E-state index contributed by atoms with van der Waals surface area (Å²) < 4.78 is 28.1. The molecule has 0 unspecified atom stereocenters. The Kier molecular flexibility index (Phi) is 5.56. The molecule has 0 amide bonds. The maximum absolute atomic E-state index is 11.5. The molecule has 0 saturated heterocycles. The molecule has 0 atom stereocenters. The highest BCUT2D eigenvalue weighted by molar-refractivity contribution is 7.91. The third-order valence-corrected chi connectivity index (χ3v) is 4.42. The van der Waals surface area contributed by atoms with E-state index >= 15 is 0 Å². The highest BCUT2D eigenvalue weighted by atomic mass is 35.5. The van der Waals surface area contributed by atoms with Crippen molar-refractivity contribution in [3.8, 4) is 5.75 Å². The average Bonchev–Trinajstić information content (AvgIpc) is 2.30. The van der Waals surface area contributed by atoms with Gasteiger partial charge < -0.3 is 4.74 Å². The van der Waals surface area contributed by atoms with Crippen molar-refractivity contribution in [3.63, 3.8) is 0 Å². The van der Waals surface area contributed by atoms with Gasteiger partial charge in [-0.05, 0) is 12.5 Å². The van der Waals surface area contributed by atoms with E-state index in [-0.39, 0.29) is 34.6 Å². The topological polar surface area (TPSA) is 86.5 Å². The van der Waals surface area contributed by atoms with E-state index < -0.39 is 14.8 Å². The monoisotopic (exact) mass is 307 g/mol. The summed E-state index contributed by atoms with van der Waals surface area (Å²) >= 11 is 5.82. The van der Waals surface area contributed by atoms with Crippen LogP contribution < -0.4 is 4.74 Å². The molecule has 0 heterocycles. The fraction of sp³-hybridized carbons (Fsp3) is 0.455. The Morgan fingerprint density at radius 3 is 2.63 bits per heavy atom. The van der Waals surface area contributed by atoms with Crippen molar-refractivity contribution in [2.75, 3.05) is 18.1 Å². The van der Waals surface area contributed by atoms with E-state index in [0.717, 1.165) is 0 Å². The molecule has 1 aromatic rings. The third-order valence-electron chi connectivity index (χ3n) is 2.29. The van der Waals surface area contributed by atoms with E-state index in [1.54, 1.807) is 6.92 Å². The predicted molar refractivity (Wildman–Crippen MR) is 72.5 cm³/mol. The lowest BCUT2D eigenvalue weighted by Gasteiger charge is -2.08. The molecule has 0 N–H and O–H groups in total. The van der Waals surface area contributed by atoms with Crippen LogP contribution in [0.3, 0.4) is 0 Å². The second kappa shape index (κ2) is 6.72. The number of hydrogen-bond donors (Lipinski definition) is 0. The van der Waals surface area contributed by atoms with Gasteiger partial charge in [0.1, 0.15) is 12.4 Å². The van der Waals surface area contributed by atoms with Crippen molar-refractivity contribution in [1.82, 2.24) is 0 Å². The molecule has 0 spiro atoms. The standard InChI is InChI=1S/C11H14ClNO5S/c1-2-6-19(16,17)7-5-18-11-8-9(13(14)15)3-4-10(11)12/h3-4,8H,2,5-7H2,1H3. The Morgan fingerprint density at radius 2 is 2.05 bits per heavy atom. The van der Waals surface area contributed by atoms with Gasteiger partial charge in [0, 0.05) is 6.07 Å². The van der Waals surface area contributed by atoms with E-state index in [4.69, 9.17) is 16.3 Å². The van der Waals surface area contributed by atoms with Gasteiger partial charge in [0.25, 0.3) is 5.69 Å². The number of nitrogens with zero attached hydrogens (tertiary/aromatic N) is 1. The molecule has 0 aromatic heterocycles. The van der Waals surface area contributed by atoms with Gasteiger partial charge in [-0.1, -0.05) is 18.5 Å². The summed E-state index contributed by atoms with van der Waals surface area (Å²) in [7, 11) is -3.14. The first-order chi connectivity index (χ1) is 8.85. The van der Waals surface area contributed by atoms with Crippen molar-refractivity contribution < 1.29 is 18.1 Å². The zero-order valence-corrected chi connectivity index (χ0v) is 11.9. The van der Waals surface area contributed by atoms with Gasteiger partial charge >= 0.3 is 0 Å². The summed E-state index contributed by atoms with van der Waals surface area (Å²) in [5.74, 6) is 0.0707. The first kappa shape index (κ1) is 15.7. The summed E-state index contributed by atoms with van der Waals surface area (Å²) in [5, 5.41) is 10.8. The molecule has 1 rings (SSSR count). The molecule has 19 heavy (non-hydrogen) atoms. The lowest BCUT2D eigenvalue weighted by molar-refractivity contribution is -0.384. The largest absolute Gasteiger partial charge is 0.491 e. The zero-order valence-electron chi connectivity index (χ0n) is 10.3. The van der Waals surface area contributed by atoms with Crippen LogP contribution in [0, 0.1) is 10.1 Å². The molecule has 0 radical (unpaired) electrons. The van der Waals surface area contributed by atoms with Crippen LogP contribution in [0.4, 0.5) is 5.69 Å². The molecule has 1 aromatic carbocycles. The minimum atomic E-state index is -3.14. The lowest BCUT2D eigenvalue weighted by atomic mass is 10.3. The summed E-state index contributed by atoms with van der Waals surface area (Å²) in [4.78, 5) is 10.0. The number of halogens is 1. The first-order valence-corrected chi connectivity index (χ1v) is 7.83. The summed E-state index contributed by atoms with van der Waals surface area (Å²) in [6.45, 7) is 1.69. The molecule has 6 nitrogen and oxygen atoms in total. The summed E-state index contributed by atoms with van der Waals surface area (Å²) in [5.41, 5.74) is -0.157. The van der Waals surface area contributed by atoms with Gasteiger partial charge in [-0.3, -0.25) is 10.1 Å². The van der Waals surface area contributed by atoms with Crippen LogP contribution in [-0.2, 0) is 9.84 Å². The predicted octanol–water partition coefficient (Wildman–Crippen LogP) is 2.45. The lowest BCUT2D eigenvalue weighted by Crippen LogP contribution is -2.16. The number of ether oxygens (including phenoxy) is 1. The molecule has 106 valence electrons. The van der Waals surface area contributed by atoms with Crippen LogP contribution in [-0.4, -0.2) is 31.5 Å². The van der Waals surface area contributed by atoms with Crippen LogP contribution in [0.2, 0.25) is 5.02 Å². The molecule has 0 fully saturated rings. The number of nitro benzene ring substituents is 1. The van der Waals surface area contributed by atoms with Crippen LogP contribution in [0.5, 0.6) is 5.75 Å². The third kappa shape index (κ3) is 5.04. The second-order valence-electron chi connectivity index (χ2n) is 3.87. The molecule has 0 aliphatic carbocycles. The number of non-ortho nitro benzene ring substituents is 1. The molecule has 8 heteroatoms. The highest BCUT2D eigenvalue weighted by Gasteiger charge is 2.13. The normalized spacial score (nSPS) is 11.3. The number of benzene rings is 1. The highest BCUT2D eigenvalue weighted by Crippen LogP contribution is 2.28. The molecule has 0 saturated carbocycles. The first-order valence-electron chi connectivity index (χ1n) is 5.63. The Hall–Kier alpha value is -1.34. The second-order valence-corrected chi connectivity index (χ2v) is 6.58. The molecular weight excluding hydrogens is 294 g/mol. The Morgan fingerprint density at radius 1 is 1.37 bits per heavy atom. The SMILES string of the molecule is CCCS(=O)(=O)CCOc1cc([N+](=O)[O-])ccc1Cl. The van der Waals surface area contributed by atoms with E-state index in [1.165, 1.54) is 18.2 Å². The minimum absolute atomic E-state index is 0.0801. The quantitative estimate of drug-likeness (QED) is 0.570. The van der Waals surface area contributed by atoms with Crippen molar-refractivity contribution in [3.05, 3.63) is 33.3 Å². The number of hydrogen-bond acceptors (Lipinski definition) is 5. The van der Waals surface area contributed by atoms with E-state index in [0.29, 0.717) is 6.42 Å². The van der Waals surface area contributed by atoms with Gasteiger partial charge in [0.05, 0.1) is 27.5 Å².